The van der Waals surface area contributed by atoms with E-state index in [1.54, 1.807) is 0 Å². The Hall–Kier alpha value is -3.20. The molecule has 1 aliphatic rings. The number of aromatic nitrogens is 3. The molecule has 2 aromatic carbocycles. The first-order valence-electron chi connectivity index (χ1n) is 9.49. The van der Waals surface area contributed by atoms with E-state index in [2.05, 4.69) is 64.6 Å². The van der Waals surface area contributed by atoms with Crippen molar-refractivity contribution >= 4 is 17.0 Å². The fraction of sp³-hybridized carbons (Fsp3) is 0.167. The lowest BCUT2D eigenvalue weighted by Crippen LogP contribution is -2.02. The Labute approximate surface area is 158 Å². The lowest BCUT2D eigenvalue weighted by Gasteiger charge is -2.06. The molecule has 0 unspecified atom stereocenters. The zero-order valence-electron chi connectivity index (χ0n) is 15.2. The van der Waals surface area contributed by atoms with Crippen LogP contribution in [0.5, 0.6) is 0 Å². The quantitative estimate of drug-likeness (QED) is 0.555. The number of hydrogen-bond donors (Lipinski definition) is 1. The summed E-state index contributed by atoms with van der Waals surface area (Å²) < 4.78 is 0. The predicted molar refractivity (Wildman–Crippen MR) is 110 cm³/mol. The van der Waals surface area contributed by atoms with Gasteiger partial charge in [0.05, 0.1) is 0 Å². The molecule has 0 atom stereocenters. The van der Waals surface area contributed by atoms with Crippen molar-refractivity contribution in [3.05, 3.63) is 101 Å². The number of allylic oxidation sites excluding steroid dienone is 1. The Morgan fingerprint density at radius 2 is 1.89 bits per heavy atom. The van der Waals surface area contributed by atoms with Crippen LogP contribution in [0.1, 0.15) is 33.8 Å². The van der Waals surface area contributed by atoms with E-state index in [-0.39, 0.29) is 0 Å². The summed E-state index contributed by atoms with van der Waals surface area (Å²) in [6.45, 7) is 0. The second kappa shape index (κ2) is 6.84. The zero-order chi connectivity index (χ0) is 18.1. The minimum Gasteiger partial charge on any atom is -0.361 e. The molecule has 0 bridgehead atoms. The van der Waals surface area contributed by atoms with Crippen molar-refractivity contribution in [2.24, 2.45) is 0 Å². The van der Waals surface area contributed by atoms with Crippen LogP contribution in [0.2, 0.25) is 0 Å². The Morgan fingerprint density at radius 3 is 2.89 bits per heavy atom. The highest BCUT2D eigenvalue weighted by Crippen LogP contribution is 2.21. The van der Waals surface area contributed by atoms with Gasteiger partial charge in [-0.3, -0.25) is 0 Å². The summed E-state index contributed by atoms with van der Waals surface area (Å²) in [7, 11) is 0. The third-order valence-corrected chi connectivity index (χ3v) is 5.25. The number of H-pyrrole nitrogens is 1. The first-order chi connectivity index (χ1) is 13.3. The maximum Gasteiger partial charge on any atom is 0.128 e. The van der Waals surface area contributed by atoms with E-state index in [0.717, 1.165) is 37.2 Å². The monoisotopic (exact) mass is 351 g/mol. The van der Waals surface area contributed by atoms with Gasteiger partial charge in [-0.05, 0) is 64.7 Å². The van der Waals surface area contributed by atoms with Crippen LogP contribution >= 0.6 is 0 Å². The Morgan fingerprint density at radius 1 is 0.926 bits per heavy atom. The van der Waals surface area contributed by atoms with Gasteiger partial charge in [-0.15, -0.1) is 0 Å². The fourth-order valence-corrected chi connectivity index (χ4v) is 3.79. The van der Waals surface area contributed by atoms with Crippen molar-refractivity contribution in [3.8, 4) is 0 Å². The van der Waals surface area contributed by atoms with Crippen LogP contribution in [0, 0.1) is 0 Å². The first-order valence-corrected chi connectivity index (χ1v) is 9.49. The molecular weight excluding hydrogens is 330 g/mol. The molecule has 0 radical (unpaired) electrons. The molecule has 1 N–H and O–H groups in total. The number of fused-ring (bicyclic) bond motifs is 2. The number of aromatic amines is 1. The minimum atomic E-state index is 0.834. The molecule has 4 aromatic rings. The van der Waals surface area contributed by atoms with Crippen LogP contribution in [0.25, 0.3) is 17.0 Å². The summed E-state index contributed by atoms with van der Waals surface area (Å²) in [6.07, 6.45) is 12.1. The molecular formula is C24H21N3. The van der Waals surface area contributed by atoms with Gasteiger partial charge in [0.2, 0.25) is 0 Å². The molecule has 2 heterocycles. The number of hydrogen-bond acceptors (Lipinski definition) is 2. The zero-order valence-corrected chi connectivity index (χ0v) is 15.2. The predicted octanol–water partition coefficient (Wildman–Crippen LogP) is 4.90. The topological polar surface area (TPSA) is 41.6 Å². The van der Waals surface area contributed by atoms with Gasteiger partial charge in [0.1, 0.15) is 5.82 Å². The summed E-state index contributed by atoms with van der Waals surface area (Å²) in [5.41, 5.74) is 7.67. The maximum atomic E-state index is 4.79. The van der Waals surface area contributed by atoms with Crippen LogP contribution < -0.4 is 0 Å². The molecule has 0 amide bonds. The molecule has 3 nitrogen and oxygen atoms in total. The van der Waals surface area contributed by atoms with E-state index in [1.807, 2.05) is 18.5 Å². The van der Waals surface area contributed by atoms with Gasteiger partial charge in [-0.25, -0.2) is 9.97 Å². The van der Waals surface area contributed by atoms with Gasteiger partial charge in [-0.1, -0.05) is 36.4 Å². The van der Waals surface area contributed by atoms with E-state index in [9.17, 15) is 0 Å². The standard InChI is InChI=1S/C24H21N3/c1-2-19-7-4-17(14-20(19)3-1)6-9-24-26-13-11-22(27-24)16-18-5-8-23-21(15-18)10-12-25-23/h1,3-5,7-8,10-15,25H,2,6,9,16H2. The van der Waals surface area contributed by atoms with Crippen LogP contribution in [-0.2, 0) is 25.7 Å². The van der Waals surface area contributed by atoms with E-state index in [1.165, 1.54) is 33.2 Å². The highest BCUT2D eigenvalue weighted by atomic mass is 14.9. The van der Waals surface area contributed by atoms with Crippen molar-refractivity contribution in [3.63, 3.8) is 0 Å². The molecule has 0 saturated carbocycles. The Balaban J connectivity index is 1.29. The molecule has 132 valence electrons. The molecule has 2 aromatic heterocycles. The molecule has 0 spiro atoms. The number of benzene rings is 2. The third-order valence-electron chi connectivity index (χ3n) is 5.25. The molecule has 3 heteroatoms. The normalized spacial score (nSPS) is 12.6. The van der Waals surface area contributed by atoms with E-state index in [0.29, 0.717) is 0 Å². The van der Waals surface area contributed by atoms with Crippen molar-refractivity contribution in [1.82, 2.24) is 15.0 Å². The van der Waals surface area contributed by atoms with Crippen molar-refractivity contribution in [1.29, 1.82) is 0 Å². The summed E-state index contributed by atoms with van der Waals surface area (Å²) in [5, 5.41) is 1.24. The van der Waals surface area contributed by atoms with Crippen LogP contribution in [0.4, 0.5) is 0 Å². The maximum absolute atomic E-state index is 4.79. The Kier molecular flexibility index (Phi) is 4.06. The summed E-state index contributed by atoms with van der Waals surface area (Å²) in [5.74, 6) is 0.922. The number of nitrogens with zero attached hydrogens (tertiary/aromatic N) is 2. The lowest BCUT2D eigenvalue weighted by molar-refractivity contribution is 0.836. The molecule has 1 aliphatic carbocycles. The van der Waals surface area contributed by atoms with Crippen LogP contribution in [0.3, 0.4) is 0 Å². The number of aryl methyl sites for hydroxylation is 2. The number of nitrogens with one attached hydrogen (secondary N) is 1. The fourth-order valence-electron chi connectivity index (χ4n) is 3.79. The van der Waals surface area contributed by atoms with Gasteiger partial charge >= 0.3 is 0 Å². The van der Waals surface area contributed by atoms with Crippen molar-refractivity contribution in [2.75, 3.05) is 0 Å². The molecule has 0 fully saturated rings. The lowest BCUT2D eigenvalue weighted by atomic mass is 10.0. The molecule has 0 saturated heterocycles. The van der Waals surface area contributed by atoms with Gasteiger partial charge in [0.15, 0.2) is 0 Å². The summed E-state index contributed by atoms with van der Waals surface area (Å²) in [6, 6.07) is 17.4. The smallest absolute Gasteiger partial charge is 0.128 e. The van der Waals surface area contributed by atoms with E-state index in [4.69, 9.17) is 4.98 Å². The molecule has 27 heavy (non-hydrogen) atoms. The SMILES string of the molecule is C1=Cc2cc(CCc3nccc(Cc4ccc5[nH]ccc5c4)n3)ccc2C1. The van der Waals surface area contributed by atoms with Crippen LogP contribution in [-0.4, -0.2) is 15.0 Å². The first kappa shape index (κ1) is 16.0. The molecule has 0 aliphatic heterocycles. The largest absolute Gasteiger partial charge is 0.361 e. The van der Waals surface area contributed by atoms with Gasteiger partial charge in [0.25, 0.3) is 0 Å². The summed E-state index contributed by atoms with van der Waals surface area (Å²) in [4.78, 5) is 12.5. The summed E-state index contributed by atoms with van der Waals surface area (Å²) >= 11 is 0. The van der Waals surface area contributed by atoms with Crippen molar-refractivity contribution < 1.29 is 0 Å². The van der Waals surface area contributed by atoms with Crippen molar-refractivity contribution in [2.45, 2.75) is 25.7 Å². The van der Waals surface area contributed by atoms with Crippen LogP contribution in [0.15, 0.2) is 67.0 Å². The average Bonchev–Trinajstić information content (AvgIpc) is 3.35. The molecule has 5 rings (SSSR count). The van der Waals surface area contributed by atoms with Gasteiger partial charge in [-0.2, -0.15) is 0 Å². The van der Waals surface area contributed by atoms with Gasteiger partial charge < -0.3 is 4.98 Å². The number of rotatable bonds is 5. The van der Waals surface area contributed by atoms with E-state index >= 15 is 0 Å². The highest BCUT2D eigenvalue weighted by molar-refractivity contribution is 5.80. The Bertz CT molecular complexity index is 1140. The second-order valence-corrected chi connectivity index (χ2v) is 7.18. The highest BCUT2D eigenvalue weighted by Gasteiger charge is 2.07. The second-order valence-electron chi connectivity index (χ2n) is 7.18. The minimum absolute atomic E-state index is 0.834. The average molecular weight is 351 g/mol. The third kappa shape index (κ3) is 3.41. The van der Waals surface area contributed by atoms with E-state index < -0.39 is 0 Å². The van der Waals surface area contributed by atoms with Gasteiger partial charge in [0, 0.05) is 36.4 Å².